The summed E-state index contributed by atoms with van der Waals surface area (Å²) in [7, 11) is 0. The van der Waals surface area contributed by atoms with Gasteiger partial charge in [-0.05, 0) is 30.2 Å². The number of anilines is 1. The van der Waals surface area contributed by atoms with E-state index in [1.54, 1.807) is 0 Å². The van der Waals surface area contributed by atoms with Gasteiger partial charge >= 0.3 is 0 Å². The fourth-order valence-corrected chi connectivity index (χ4v) is 5.02. The number of aryl methyl sites for hydroxylation is 1. The molecular weight excluding hydrogens is 478 g/mol. The van der Waals surface area contributed by atoms with E-state index in [2.05, 4.69) is 35.1 Å². The van der Waals surface area contributed by atoms with Crippen molar-refractivity contribution in [1.82, 2.24) is 19.7 Å². The largest absolute Gasteiger partial charge is 0.325 e. The van der Waals surface area contributed by atoms with Gasteiger partial charge in [-0.15, -0.1) is 16.8 Å². The van der Waals surface area contributed by atoms with Gasteiger partial charge in [0.25, 0.3) is 0 Å². The second-order valence-corrected chi connectivity index (χ2v) is 9.43. The van der Waals surface area contributed by atoms with Crippen molar-refractivity contribution in [3.63, 3.8) is 0 Å². The molecule has 1 N–H and O–H groups in total. The van der Waals surface area contributed by atoms with Crippen molar-refractivity contribution >= 4 is 34.3 Å². The Hall–Kier alpha value is -4.23. The normalized spacial score (nSPS) is 10.9. The third-order valence-corrected chi connectivity index (χ3v) is 7.03. The average Bonchev–Trinajstić information content (AvgIpc) is 3.34. The Morgan fingerprint density at radius 2 is 1.76 bits per heavy atom. The van der Waals surface area contributed by atoms with Crippen LogP contribution in [-0.2, 0) is 17.8 Å². The van der Waals surface area contributed by atoms with Gasteiger partial charge in [0.15, 0.2) is 11.0 Å². The van der Waals surface area contributed by atoms with Gasteiger partial charge < -0.3 is 5.32 Å². The third-order valence-electron chi connectivity index (χ3n) is 6.06. The molecule has 0 atom stereocenters. The van der Waals surface area contributed by atoms with Crippen molar-refractivity contribution in [3.05, 3.63) is 103 Å². The molecule has 184 valence electrons. The number of hydrogen-bond donors (Lipinski definition) is 1. The van der Waals surface area contributed by atoms with Crippen LogP contribution in [0.2, 0.25) is 0 Å². The van der Waals surface area contributed by atoms with Crippen molar-refractivity contribution in [2.45, 2.75) is 25.0 Å². The van der Waals surface area contributed by atoms with Crippen LogP contribution in [0.25, 0.3) is 33.5 Å². The molecule has 5 aromatic rings. The minimum Gasteiger partial charge on any atom is -0.325 e. The molecule has 3 aromatic carbocycles. The molecule has 6 nitrogen and oxygen atoms in total. The summed E-state index contributed by atoms with van der Waals surface area (Å²) < 4.78 is 2.00. The average molecular weight is 506 g/mol. The molecule has 2 aromatic heterocycles. The van der Waals surface area contributed by atoms with Crippen LogP contribution < -0.4 is 5.32 Å². The van der Waals surface area contributed by atoms with Gasteiger partial charge in [-0.2, -0.15) is 0 Å². The lowest BCUT2D eigenvalue weighted by Gasteiger charge is -2.12. The highest BCUT2D eigenvalue weighted by atomic mass is 32.2. The Labute approximate surface area is 220 Å². The fraction of sp³-hybridized carbons (Fsp3) is 0.133. The fourth-order valence-electron chi connectivity index (χ4n) is 4.27. The molecule has 0 bridgehead atoms. The van der Waals surface area contributed by atoms with Crippen LogP contribution in [0, 0.1) is 0 Å². The molecular formula is C30H27N5OS. The van der Waals surface area contributed by atoms with E-state index in [9.17, 15) is 4.79 Å². The number of rotatable bonds is 9. The number of pyridine rings is 1. The summed E-state index contributed by atoms with van der Waals surface area (Å²) in [6, 6.07) is 28.1. The Morgan fingerprint density at radius 3 is 2.57 bits per heavy atom. The number of carbonyl (C=O) groups is 1. The van der Waals surface area contributed by atoms with Crippen molar-refractivity contribution < 1.29 is 4.79 Å². The summed E-state index contributed by atoms with van der Waals surface area (Å²) in [6.07, 6.45) is 2.67. The molecule has 0 radical (unpaired) electrons. The third kappa shape index (κ3) is 5.32. The minimum atomic E-state index is -0.0821. The molecule has 0 spiro atoms. The highest BCUT2D eigenvalue weighted by Gasteiger charge is 2.19. The smallest absolute Gasteiger partial charge is 0.234 e. The summed E-state index contributed by atoms with van der Waals surface area (Å²) in [5.41, 5.74) is 5.67. The lowest BCUT2D eigenvalue weighted by Crippen LogP contribution is -2.15. The zero-order chi connectivity index (χ0) is 25.6. The van der Waals surface area contributed by atoms with Gasteiger partial charge in [0.05, 0.1) is 17.0 Å². The first-order valence-corrected chi connectivity index (χ1v) is 13.2. The molecule has 0 aliphatic heterocycles. The number of allylic oxidation sites excluding steroid dienone is 1. The van der Waals surface area contributed by atoms with Crippen molar-refractivity contribution in [2.75, 3.05) is 11.1 Å². The van der Waals surface area contributed by atoms with Crippen molar-refractivity contribution in [3.8, 4) is 22.6 Å². The summed E-state index contributed by atoms with van der Waals surface area (Å²) in [6.45, 7) is 6.52. The number of fused-ring (bicyclic) bond motifs is 1. The molecule has 7 heteroatoms. The second-order valence-electron chi connectivity index (χ2n) is 8.49. The number of nitrogens with zero attached hydrogens (tertiary/aromatic N) is 4. The lowest BCUT2D eigenvalue weighted by molar-refractivity contribution is -0.113. The Kier molecular flexibility index (Phi) is 7.42. The lowest BCUT2D eigenvalue weighted by atomic mass is 10.0. The summed E-state index contributed by atoms with van der Waals surface area (Å²) in [5, 5.41) is 13.7. The maximum absolute atomic E-state index is 12.8. The maximum atomic E-state index is 12.8. The van der Waals surface area contributed by atoms with E-state index in [-0.39, 0.29) is 11.7 Å². The highest BCUT2D eigenvalue weighted by Crippen LogP contribution is 2.33. The van der Waals surface area contributed by atoms with Gasteiger partial charge in [0.1, 0.15) is 0 Å². The summed E-state index contributed by atoms with van der Waals surface area (Å²) in [4.78, 5) is 17.7. The number of nitrogens with one attached hydrogen (secondary N) is 1. The van der Waals surface area contributed by atoms with Crippen molar-refractivity contribution in [2.24, 2.45) is 0 Å². The molecule has 0 fully saturated rings. The molecule has 0 unspecified atom stereocenters. The number of carbonyl (C=O) groups excluding carboxylic acids is 1. The van der Waals surface area contributed by atoms with Crippen LogP contribution in [0.15, 0.2) is 103 Å². The van der Waals surface area contributed by atoms with Gasteiger partial charge in [-0.1, -0.05) is 91.5 Å². The van der Waals surface area contributed by atoms with E-state index in [1.165, 1.54) is 11.8 Å². The monoisotopic (exact) mass is 505 g/mol. The molecule has 1 amide bonds. The molecule has 2 heterocycles. The summed E-state index contributed by atoms with van der Waals surface area (Å²) >= 11 is 1.36. The number of hydrogen-bond acceptors (Lipinski definition) is 5. The van der Waals surface area contributed by atoms with Crippen LogP contribution in [0.5, 0.6) is 0 Å². The van der Waals surface area contributed by atoms with Crippen LogP contribution >= 0.6 is 11.8 Å². The predicted octanol–water partition coefficient (Wildman–Crippen LogP) is 6.64. The van der Waals surface area contributed by atoms with Crippen LogP contribution in [-0.4, -0.2) is 31.4 Å². The molecule has 0 saturated carbocycles. The van der Waals surface area contributed by atoms with Gasteiger partial charge in [-0.25, -0.2) is 4.98 Å². The van der Waals surface area contributed by atoms with E-state index in [0.717, 1.165) is 51.2 Å². The van der Waals surface area contributed by atoms with Crippen LogP contribution in [0.4, 0.5) is 5.69 Å². The molecule has 0 aliphatic rings. The van der Waals surface area contributed by atoms with E-state index < -0.39 is 0 Å². The molecule has 5 rings (SSSR count). The maximum Gasteiger partial charge on any atom is 0.234 e. The van der Waals surface area contributed by atoms with E-state index in [0.29, 0.717) is 11.7 Å². The van der Waals surface area contributed by atoms with Crippen LogP contribution in [0.3, 0.4) is 0 Å². The SMILES string of the molecule is C=CCn1c(SCC(=O)Nc2ccccc2CC)nnc1-c1cc(-c2ccccc2)nc2ccccc12. The van der Waals surface area contributed by atoms with Crippen molar-refractivity contribution in [1.29, 1.82) is 0 Å². The minimum absolute atomic E-state index is 0.0821. The zero-order valence-electron chi connectivity index (χ0n) is 20.6. The topological polar surface area (TPSA) is 72.7 Å². The zero-order valence-corrected chi connectivity index (χ0v) is 21.4. The number of amides is 1. The highest BCUT2D eigenvalue weighted by molar-refractivity contribution is 7.99. The van der Waals surface area contributed by atoms with Gasteiger partial charge in [0.2, 0.25) is 5.91 Å². The number of thioether (sulfide) groups is 1. The van der Waals surface area contributed by atoms with Gasteiger partial charge in [-0.3, -0.25) is 9.36 Å². The predicted molar refractivity (Wildman–Crippen MR) is 152 cm³/mol. The Bertz CT molecular complexity index is 1560. The number of para-hydroxylation sites is 2. The first-order valence-electron chi connectivity index (χ1n) is 12.2. The van der Waals surface area contributed by atoms with E-state index in [4.69, 9.17) is 4.98 Å². The Balaban J connectivity index is 1.47. The van der Waals surface area contributed by atoms with E-state index >= 15 is 0 Å². The number of aromatic nitrogens is 4. The van der Waals surface area contributed by atoms with Crippen LogP contribution in [0.1, 0.15) is 12.5 Å². The summed E-state index contributed by atoms with van der Waals surface area (Å²) in [5.74, 6) is 0.857. The first kappa shape index (κ1) is 24.5. The quantitative estimate of drug-likeness (QED) is 0.180. The van der Waals surface area contributed by atoms with E-state index in [1.807, 2.05) is 89.5 Å². The first-order chi connectivity index (χ1) is 18.2. The number of benzene rings is 3. The van der Waals surface area contributed by atoms with Gasteiger partial charge in [0, 0.05) is 28.7 Å². The molecule has 37 heavy (non-hydrogen) atoms. The molecule has 0 aliphatic carbocycles. The Morgan fingerprint density at radius 1 is 1.00 bits per heavy atom. The molecule has 0 saturated heterocycles. The second kappa shape index (κ2) is 11.2. The standard InChI is InChI=1S/C30H27N5OS/c1-3-18-35-29(33-34-30(35)37-20-28(36)32-25-16-10-8-12-21(25)4-2)24-19-27(22-13-6-5-7-14-22)31-26-17-11-9-15-23(24)26/h3,5-17,19H,1,4,18,20H2,2H3,(H,32,36).